The average Bonchev–Trinajstić information content (AvgIpc) is 3.46. The normalized spacial score (nSPS) is 14.0. The van der Waals surface area contributed by atoms with Crippen LogP contribution in [0.1, 0.15) is 36.4 Å². The lowest BCUT2D eigenvalue weighted by molar-refractivity contribution is 0.0989. The van der Waals surface area contributed by atoms with E-state index in [1.807, 2.05) is 0 Å². The van der Waals surface area contributed by atoms with Gasteiger partial charge in [-0.3, -0.25) is 19.8 Å². The summed E-state index contributed by atoms with van der Waals surface area (Å²) >= 11 is 3.27. The molecule has 10 heteroatoms. The summed E-state index contributed by atoms with van der Waals surface area (Å²) < 4.78 is 0. The summed E-state index contributed by atoms with van der Waals surface area (Å²) in [7, 11) is 0. The predicted molar refractivity (Wildman–Crippen MR) is 117 cm³/mol. The molecule has 2 amide bonds. The smallest absolute Gasteiger partial charge is 0.284 e. The van der Waals surface area contributed by atoms with Crippen LogP contribution in [0.2, 0.25) is 0 Å². The van der Waals surface area contributed by atoms with Gasteiger partial charge < -0.3 is 10.7 Å². The molecular weight excluding hydrogens is 420 g/mol. The molecule has 4 N–H and O–H groups in total. The van der Waals surface area contributed by atoms with Gasteiger partial charge in [0, 0.05) is 35.8 Å². The second kappa shape index (κ2) is 7.63. The fourth-order valence-corrected chi connectivity index (χ4v) is 5.35. The van der Waals surface area contributed by atoms with Crippen LogP contribution in [0.25, 0.3) is 11.0 Å². The summed E-state index contributed by atoms with van der Waals surface area (Å²) in [6.07, 6.45) is 0.865. The summed E-state index contributed by atoms with van der Waals surface area (Å²) in [6.45, 7) is 2.71. The molecule has 0 radical (unpaired) electrons. The van der Waals surface area contributed by atoms with Gasteiger partial charge in [0.15, 0.2) is 11.0 Å². The molecular formula is C20H18N6O2S2. The van der Waals surface area contributed by atoms with E-state index in [0.717, 1.165) is 31.7 Å². The van der Waals surface area contributed by atoms with Crippen LogP contribution in [0, 0.1) is 0 Å². The van der Waals surface area contributed by atoms with E-state index in [-0.39, 0.29) is 11.7 Å². The van der Waals surface area contributed by atoms with Crippen molar-refractivity contribution in [1.82, 2.24) is 19.9 Å². The van der Waals surface area contributed by atoms with Crippen LogP contribution in [0.3, 0.4) is 0 Å². The first kappa shape index (κ1) is 18.9. The highest BCUT2D eigenvalue weighted by Gasteiger charge is 2.23. The van der Waals surface area contributed by atoms with Crippen molar-refractivity contribution in [2.24, 2.45) is 5.73 Å². The molecule has 3 aromatic heterocycles. The van der Waals surface area contributed by atoms with Crippen LogP contribution in [-0.4, -0.2) is 38.2 Å². The number of anilines is 1. The fraction of sp³-hybridized carbons (Fsp3) is 0.200. The fourth-order valence-electron chi connectivity index (χ4n) is 3.56. The molecule has 4 aromatic rings. The number of amides is 2. The van der Waals surface area contributed by atoms with Gasteiger partial charge in [-0.1, -0.05) is 12.1 Å². The van der Waals surface area contributed by atoms with E-state index in [0.29, 0.717) is 21.7 Å². The van der Waals surface area contributed by atoms with E-state index < -0.39 is 5.91 Å². The van der Waals surface area contributed by atoms with Gasteiger partial charge in [-0.25, -0.2) is 9.97 Å². The molecule has 5 rings (SSSR count). The Morgan fingerprint density at radius 1 is 1.23 bits per heavy atom. The zero-order valence-corrected chi connectivity index (χ0v) is 17.5. The third-order valence-corrected chi connectivity index (χ3v) is 6.84. The predicted octanol–water partition coefficient (Wildman–Crippen LogP) is 2.99. The van der Waals surface area contributed by atoms with E-state index in [1.165, 1.54) is 21.1 Å². The number of carbonyl (C=O) groups is 2. The quantitative estimate of drug-likeness (QED) is 0.443. The van der Waals surface area contributed by atoms with Crippen molar-refractivity contribution in [2.75, 3.05) is 11.9 Å². The molecule has 0 unspecified atom stereocenters. The van der Waals surface area contributed by atoms with Crippen LogP contribution in [0.5, 0.6) is 0 Å². The van der Waals surface area contributed by atoms with Crippen molar-refractivity contribution < 1.29 is 9.59 Å². The number of H-pyrrole nitrogens is 1. The molecule has 152 valence electrons. The average molecular weight is 439 g/mol. The third-order valence-electron chi connectivity index (χ3n) is 4.98. The van der Waals surface area contributed by atoms with Gasteiger partial charge in [-0.2, -0.15) is 0 Å². The van der Waals surface area contributed by atoms with Crippen molar-refractivity contribution in [3.63, 3.8) is 0 Å². The van der Waals surface area contributed by atoms with Crippen LogP contribution < -0.4 is 11.1 Å². The van der Waals surface area contributed by atoms with Crippen LogP contribution in [0.4, 0.5) is 5.13 Å². The number of aromatic nitrogens is 3. The number of primary amides is 1. The largest absolute Gasteiger partial charge is 0.363 e. The van der Waals surface area contributed by atoms with Crippen LogP contribution in [-0.2, 0) is 19.5 Å². The number of benzene rings is 1. The summed E-state index contributed by atoms with van der Waals surface area (Å²) in [5.41, 5.74) is 7.70. The van der Waals surface area contributed by atoms with Gasteiger partial charge in [0.25, 0.3) is 11.8 Å². The van der Waals surface area contributed by atoms with E-state index >= 15 is 0 Å². The third kappa shape index (κ3) is 3.60. The van der Waals surface area contributed by atoms with Crippen molar-refractivity contribution >= 4 is 50.7 Å². The lowest BCUT2D eigenvalue weighted by atomic mass is 10.1. The lowest BCUT2D eigenvalue weighted by Gasteiger charge is -2.25. The molecule has 4 heterocycles. The highest BCUT2D eigenvalue weighted by atomic mass is 32.1. The molecule has 0 fully saturated rings. The first-order valence-electron chi connectivity index (χ1n) is 9.40. The Hall–Kier alpha value is -3.08. The number of carbonyl (C=O) groups excluding carboxylic acids is 2. The van der Waals surface area contributed by atoms with Crippen molar-refractivity contribution in [2.45, 2.75) is 19.5 Å². The molecule has 0 saturated carbocycles. The molecule has 0 atom stereocenters. The van der Waals surface area contributed by atoms with Crippen molar-refractivity contribution in [3.05, 3.63) is 62.5 Å². The zero-order valence-electron chi connectivity index (χ0n) is 15.8. The van der Waals surface area contributed by atoms with Gasteiger partial charge in [-0.05, 0) is 23.6 Å². The van der Waals surface area contributed by atoms with E-state index in [2.05, 4.69) is 42.7 Å². The number of hydrogen-bond acceptors (Lipinski definition) is 7. The highest BCUT2D eigenvalue weighted by Crippen LogP contribution is 2.30. The molecule has 8 nitrogen and oxygen atoms in total. The number of imidazole rings is 1. The van der Waals surface area contributed by atoms with Gasteiger partial charge in [0.1, 0.15) is 5.52 Å². The van der Waals surface area contributed by atoms with Crippen LogP contribution >= 0.6 is 22.7 Å². The lowest BCUT2D eigenvalue weighted by Crippen LogP contribution is -2.29. The summed E-state index contributed by atoms with van der Waals surface area (Å²) in [4.78, 5) is 40.8. The molecule has 1 aliphatic rings. The zero-order chi connectivity index (χ0) is 20.7. The number of thiazole rings is 1. The second-order valence-electron chi connectivity index (χ2n) is 7.03. The van der Waals surface area contributed by atoms with E-state index in [1.54, 1.807) is 29.5 Å². The Balaban J connectivity index is 1.34. The van der Waals surface area contributed by atoms with Gasteiger partial charge >= 0.3 is 0 Å². The minimum atomic E-state index is -0.669. The Morgan fingerprint density at radius 2 is 2.13 bits per heavy atom. The maximum Gasteiger partial charge on any atom is 0.284 e. The van der Waals surface area contributed by atoms with Gasteiger partial charge in [-0.15, -0.1) is 22.7 Å². The van der Waals surface area contributed by atoms with E-state index in [4.69, 9.17) is 5.73 Å². The minimum Gasteiger partial charge on any atom is -0.363 e. The Labute approximate surface area is 179 Å². The number of nitrogens with zero attached hydrogens (tertiary/aromatic N) is 3. The second-order valence-corrected chi connectivity index (χ2v) is 9.15. The van der Waals surface area contributed by atoms with Crippen molar-refractivity contribution in [3.8, 4) is 0 Å². The SMILES string of the molecule is NC(=O)c1nc2c(C(=O)Nc3nc4c(s3)CN(Cc3cccs3)CC4)cccc2[nH]1. The maximum absolute atomic E-state index is 12.9. The summed E-state index contributed by atoms with van der Waals surface area (Å²) in [5, 5.41) is 5.56. The molecule has 0 bridgehead atoms. The minimum absolute atomic E-state index is 0.0285. The van der Waals surface area contributed by atoms with Gasteiger partial charge in [0.2, 0.25) is 0 Å². The highest BCUT2D eigenvalue weighted by molar-refractivity contribution is 7.15. The number of rotatable bonds is 5. The Kier molecular flexibility index (Phi) is 4.81. The number of hydrogen-bond donors (Lipinski definition) is 3. The number of nitrogens with two attached hydrogens (primary N) is 1. The van der Waals surface area contributed by atoms with Crippen LogP contribution in [0.15, 0.2) is 35.7 Å². The number of nitrogens with one attached hydrogen (secondary N) is 2. The molecule has 1 aliphatic heterocycles. The first-order chi connectivity index (χ1) is 14.6. The molecule has 0 spiro atoms. The maximum atomic E-state index is 12.9. The molecule has 0 saturated heterocycles. The Bertz CT molecular complexity index is 1240. The standard InChI is InChI=1S/C20H18N6O2S2/c21-17(27)18-22-14-5-1-4-12(16(14)24-18)19(28)25-20-23-13-6-7-26(10-15(13)30-20)9-11-3-2-8-29-11/h1-5,8H,6-7,9-10H2,(H2,21,27)(H,22,24)(H,23,25,28). The van der Waals surface area contributed by atoms with Gasteiger partial charge in [0.05, 0.1) is 16.8 Å². The topological polar surface area (TPSA) is 117 Å². The monoisotopic (exact) mass is 438 g/mol. The number of para-hydroxylation sites is 1. The molecule has 1 aromatic carbocycles. The molecule has 30 heavy (non-hydrogen) atoms. The Morgan fingerprint density at radius 3 is 2.93 bits per heavy atom. The van der Waals surface area contributed by atoms with E-state index in [9.17, 15) is 9.59 Å². The number of thiophene rings is 1. The summed E-state index contributed by atoms with van der Waals surface area (Å²) in [5.74, 6) is -0.956. The number of aromatic amines is 1. The first-order valence-corrected chi connectivity index (χ1v) is 11.1. The molecule has 0 aliphatic carbocycles. The number of fused-ring (bicyclic) bond motifs is 2. The van der Waals surface area contributed by atoms with Crippen molar-refractivity contribution in [1.29, 1.82) is 0 Å². The summed E-state index contributed by atoms with van der Waals surface area (Å²) in [6, 6.07) is 9.37.